The molecule has 0 atom stereocenters. The number of aromatic amines is 1. The monoisotopic (exact) mass is 236 g/mol. The minimum Gasteiger partial charge on any atom is -0.336 e. The number of hydrogen-bond donors (Lipinski definition) is 2. The first-order valence-electron chi connectivity index (χ1n) is 4.25. The van der Waals surface area contributed by atoms with Gasteiger partial charge in [-0.05, 0) is 6.07 Å². The highest BCUT2D eigenvalue weighted by Gasteiger charge is 2.09. The second-order valence-corrected chi connectivity index (χ2v) is 3.90. The van der Waals surface area contributed by atoms with Crippen molar-refractivity contribution in [1.82, 2.24) is 20.2 Å². The number of benzene rings is 1. The number of halogens is 1. The standard InChI is InChI=1S/C9H5ClN4S/c10-5-3-1-2-4-6(5)11-8-7(4)13-14-9(15)12-8/h1-3H,(H2,11,12,14,15). The van der Waals surface area contributed by atoms with Crippen LogP contribution in [-0.2, 0) is 0 Å². The van der Waals surface area contributed by atoms with Gasteiger partial charge in [0.2, 0.25) is 5.16 Å². The first-order valence-corrected chi connectivity index (χ1v) is 5.08. The maximum atomic E-state index is 6.04. The third kappa shape index (κ3) is 1.27. The normalized spacial score (nSPS) is 11.3. The zero-order valence-electron chi connectivity index (χ0n) is 7.40. The molecule has 0 spiro atoms. The Labute approximate surface area is 95.1 Å². The van der Waals surface area contributed by atoms with Crippen molar-refractivity contribution in [1.29, 1.82) is 0 Å². The Morgan fingerprint density at radius 2 is 2.13 bits per heavy atom. The van der Waals surface area contributed by atoms with Crippen LogP contribution in [0.1, 0.15) is 0 Å². The molecule has 0 unspecified atom stereocenters. The van der Waals surface area contributed by atoms with Crippen LogP contribution in [0.4, 0.5) is 0 Å². The molecule has 3 aromatic rings. The minimum absolute atomic E-state index is 0.338. The fourth-order valence-corrected chi connectivity index (χ4v) is 1.92. The molecule has 0 aliphatic carbocycles. The lowest BCUT2D eigenvalue weighted by molar-refractivity contribution is 0.883. The Morgan fingerprint density at radius 3 is 3.00 bits per heavy atom. The molecule has 0 aliphatic rings. The molecule has 3 rings (SSSR count). The van der Waals surface area contributed by atoms with Crippen LogP contribution >= 0.6 is 24.2 Å². The molecule has 0 saturated heterocycles. The molecule has 4 nitrogen and oxygen atoms in total. The maximum Gasteiger partial charge on any atom is 0.207 e. The van der Waals surface area contributed by atoms with Crippen LogP contribution in [0.5, 0.6) is 0 Å². The molecular formula is C9H5ClN4S. The third-order valence-corrected chi connectivity index (χ3v) is 2.69. The fourth-order valence-electron chi connectivity index (χ4n) is 1.55. The van der Waals surface area contributed by atoms with Crippen LogP contribution < -0.4 is 0 Å². The van der Waals surface area contributed by atoms with Crippen LogP contribution in [0.25, 0.3) is 22.1 Å². The van der Waals surface area contributed by atoms with Crippen molar-refractivity contribution in [2.45, 2.75) is 5.16 Å². The number of rotatable bonds is 0. The van der Waals surface area contributed by atoms with Gasteiger partial charge in [-0.15, -0.1) is 22.8 Å². The molecule has 0 aliphatic heterocycles. The number of nitrogens with zero attached hydrogens (tertiary/aromatic N) is 3. The van der Waals surface area contributed by atoms with Gasteiger partial charge >= 0.3 is 0 Å². The van der Waals surface area contributed by atoms with E-state index >= 15 is 0 Å². The van der Waals surface area contributed by atoms with Crippen LogP contribution in [0.3, 0.4) is 0 Å². The van der Waals surface area contributed by atoms with Crippen molar-refractivity contribution in [3.63, 3.8) is 0 Å². The summed E-state index contributed by atoms with van der Waals surface area (Å²) < 4.78 is 0. The van der Waals surface area contributed by atoms with E-state index < -0.39 is 0 Å². The highest BCUT2D eigenvalue weighted by molar-refractivity contribution is 7.80. The van der Waals surface area contributed by atoms with Gasteiger partial charge in [0.1, 0.15) is 5.52 Å². The van der Waals surface area contributed by atoms with E-state index in [1.807, 2.05) is 18.2 Å². The van der Waals surface area contributed by atoms with Crippen LogP contribution in [0.2, 0.25) is 5.02 Å². The van der Waals surface area contributed by atoms with Gasteiger partial charge in [-0.2, -0.15) is 0 Å². The van der Waals surface area contributed by atoms with E-state index in [4.69, 9.17) is 11.6 Å². The number of hydrogen-bond acceptors (Lipinski definition) is 4. The summed E-state index contributed by atoms with van der Waals surface area (Å²) in [6.45, 7) is 0. The molecule has 1 N–H and O–H groups in total. The molecule has 6 heteroatoms. The van der Waals surface area contributed by atoms with Gasteiger partial charge in [0.05, 0.1) is 10.5 Å². The van der Waals surface area contributed by atoms with Gasteiger partial charge in [-0.3, -0.25) is 0 Å². The minimum atomic E-state index is 0.338. The summed E-state index contributed by atoms with van der Waals surface area (Å²) >= 11 is 10.1. The highest BCUT2D eigenvalue weighted by atomic mass is 35.5. The fraction of sp³-hybridized carbons (Fsp3) is 0. The summed E-state index contributed by atoms with van der Waals surface area (Å²) in [4.78, 5) is 7.22. The highest BCUT2D eigenvalue weighted by Crippen LogP contribution is 2.27. The molecule has 0 fully saturated rings. The number of aromatic nitrogens is 4. The predicted molar refractivity (Wildman–Crippen MR) is 61.5 cm³/mol. The molecule has 74 valence electrons. The Hall–Kier alpha value is -1.33. The van der Waals surface area contributed by atoms with E-state index in [9.17, 15) is 0 Å². The predicted octanol–water partition coefficient (Wildman–Crippen LogP) is 2.45. The molecule has 0 amide bonds. The van der Waals surface area contributed by atoms with Crippen LogP contribution in [0, 0.1) is 0 Å². The lowest BCUT2D eigenvalue weighted by Crippen LogP contribution is -1.87. The zero-order valence-corrected chi connectivity index (χ0v) is 9.05. The first-order chi connectivity index (χ1) is 7.25. The molecule has 1 aromatic carbocycles. The number of fused-ring (bicyclic) bond motifs is 3. The van der Waals surface area contributed by atoms with Gasteiger partial charge in [0.15, 0.2) is 5.65 Å². The summed E-state index contributed by atoms with van der Waals surface area (Å²) in [6, 6.07) is 5.61. The molecule has 0 saturated carbocycles. The second kappa shape index (κ2) is 3.08. The van der Waals surface area contributed by atoms with Gasteiger partial charge in [0.25, 0.3) is 0 Å². The average molecular weight is 237 g/mol. The summed E-state index contributed by atoms with van der Waals surface area (Å²) in [5.74, 6) is 0. The lowest BCUT2D eigenvalue weighted by atomic mass is 10.2. The molecular weight excluding hydrogens is 232 g/mol. The number of thiol groups is 1. The first kappa shape index (κ1) is 8.94. The van der Waals surface area contributed by atoms with Gasteiger partial charge in [-0.1, -0.05) is 23.7 Å². The molecule has 0 bridgehead atoms. The van der Waals surface area contributed by atoms with E-state index in [0.29, 0.717) is 21.3 Å². The number of para-hydroxylation sites is 1. The maximum absolute atomic E-state index is 6.04. The number of H-pyrrole nitrogens is 1. The van der Waals surface area contributed by atoms with E-state index in [1.165, 1.54) is 0 Å². The second-order valence-electron chi connectivity index (χ2n) is 3.10. The summed E-state index contributed by atoms with van der Waals surface area (Å²) in [5, 5.41) is 9.74. The van der Waals surface area contributed by atoms with Gasteiger partial charge in [0, 0.05) is 5.39 Å². The van der Waals surface area contributed by atoms with Crippen molar-refractivity contribution in [2.24, 2.45) is 0 Å². The summed E-state index contributed by atoms with van der Waals surface area (Å²) in [6.07, 6.45) is 0. The quantitative estimate of drug-likeness (QED) is 0.590. The molecule has 2 heterocycles. The van der Waals surface area contributed by atoms with E-state index in [1.54, 1.807) is 0 Å². The molecule has 0 radical (unpaired) electrons. The molecule has 15 heavy (non-hydrogen) atoms. The van der Waals surface area contributed by atoms with Crippen molar-refractivity contribution < 1.29 is 0 Å². The number of nitrogens with one attached hydrogen (secondary N) is 1. The topological polar surface area (TPSA) is 54.5 Å². The molecule has 2 aromatic heterocycles. The third-order valence-electron chi connectivity index (χ3n) is 2.19. The Balaban J connectivity index is 2.57. The van der Waals surface area contributed by atoms with Crippen molar-refractivity contribution >= 4 is 46.3 Å². The smallest absolute Gasteiger partial charge is 0.207 e. The Bertz CT molecular complexity index is 664. The zero-order chi connectivity index (χ0) is 10.4. The summed E-state index contributed by atoms with van der Waals surface area (Å²) in [7, 11) is 0. The average Bonchev–Trinajstić information content (AvgIpc) is 2.57. The van der Waals surface area contributed by atoms with Crippen molar-refractivity contribution in [3.05, 3.63) is 23.2 Å². The van der Waals surface area contributed by atoms with Gasteiger partial charge < -0.3 is 4.98 Å². The lowest BCUT2D eigenvalue weighted by Gasteiger charge is -1.90. The van der Waals surface area contributed by atoms with Crippen molar-refractivity contribution in [2.75, 3.05) is 0 Å². The summed E-state index contributed by atoms with van der Waals surface area (Å²) in [5.41, 5.74) is 2.19. The van der Waals surface area contributed by atoms with Gasteiger partial charge in [-0.25, -0.2) is 4.98 Å². The van der Waals surface area contributed by atoms with Crippen molar-refractivity contribution in [3.8, 4) is 0 Å². The van der Waals surface area contributed by atoms with E-state index in [2.05, 4.69) is 32.8 Å². The Morgan fingerprint density at radius 1 is 1.27 bits per heavy atom. The largest absolute Gasteiger partial charge is 0.336 e. The van der Waals surface area contributed by atoms with E-state index in [0.717, 1.165) is 10.9 Å². The van der Waals surface area contributed by atoms with Crippen LogP contribution in [0.15, 0.2) is 23.4 Å². The Kier molecular flexibility index (Phi) is 1.83. The SMILES string of the molecule is Sc1nnc2c(n1)[nH]c1c(Cl)cccc12. The van der Waals surface area contributed by atoms with Crippen LogP contribution in [-0.4, -0.2) is 20.2 Å². The van der Waals surface area contributed by atoms with E-state index in [-0.39, 0.29) is 0 Å².